The van der Waals surface area contributed by atoms with E-state index >= 15 is 0 Å². The van der Waals surface area contributed by atoms with Crippen LogP contribution < -0.4 is 10.2 Å². The van der Waals surface area contributed by atoms with E-state index in [4.69, 9.17) is 5.26 Å². The van der Waals surface area contributed by atoms with Crippen molar-refractivity contribution in [3.05, 3.63) is 29.8 Å². The minimum atomic E-state index is -0.134. The SMILES string of the molecule is CC(=O)N(CCC(=O)NC1CCCCC1)c1cccc(C#N)c1. The van der Waals surface area contributed by atoms with E-state index < -0.39 is 0 Å². The smallest absolute Gasteiger partial charge is 0.223 e. The Hall–Kier alpha value is -2.35. The van der Waals surface area contributed by atoms with Crippen LogP contribution in [-0.4, -0.2) is 24.4 Å². The normalized spacial score (nSPS) is 14.8. The Labute approximate surface area is 137 Å². The van der Waals surface area contributed by atoms with Gasteiger partial charge in [0.05, 0.1) is 11.6 Å². The second-order valence-electron chi connectivity index (χ2n) is 5.99. The fourth-order valence-electron chi connectivity index (χ4n) is 2.97. The van der Waals surface area contributed by atoms with E-state index in [0.29, 0.717) is 17.8 Å². The highest BCUT2D eigenvalue weighted by Crippen LogP contribution is 2.18. The van der Waals surface area contributed by atoms with E-state index in [-0.39, 0.29) is 24.3 Å². The van der Waals surface area contributed by atoms with Crippen molar-refractivity contribution in [3.8, 4) is 6.07 Å². The third kappa shape index (κ3) is 5.10. The van der Waals surface area contributed by atoms with Crippen LogP contribution in [0, 0.1) is 11.3 Å². The molecular formula is C18H23N3O2. The Morgan fingerprint density at radius 1 is 1.30 bits per heavy atom. The number of carbonyl (C=O) groups excluding carboxylic acids is 2. The topological polar surface area (TPSA) is 73.2 Å². The van der Waals surface area contributed by atoms with Crippen molar-refractivity contribution in [2.45, 2.75) is 51.5 Å². The van der Waals surface area contributed by atoms with Gasteiger partial charge in [-0.1, -0.05) is 25.3 Å². The molecule has 1 aromatic carbocycles. The van der Waals surface area contributed by atoms with Crippen molar-refractivity contribution in [1.29, 1.82) is 5.26 Å². The molecule has 1 fully saturated rings. The van der Waals surface area contributed by atoms with Crippen molar-refractivity contribution in [2.75, 3.05) is 11.4 Å². The molecule has 1 aromatic rings. The molecule has 2 amide bonds. The Morgan fingerprint density at radius 3 is 2.70 bits per heavy atom. The van der Waals surface area contributed by atoms with Crippen LogP contribution in [0.1, 0.15) is 51.0 Å². The lowest BCUT2D eigenvalue weighted by molar-refractivity contribution is -0.121. The molecule has 2 rings (SSSR count). The zero-order valence-corrected chi connectivity index (χ0v) is 13.5. The average molecular weight is 313 g/mol. The molecule has 1 saturated carbocycles. The van der Waals surface area contributed by atoms with Crippen molar-refractivity contribution in [3.63, 3.8) is 0 Å². The van der Waals surface area contributed by atoms with Crippen molar-refractivity contribution in [2.24, 2.45) is 0 Å². The number of benzene rings is 1. The van der Waals surface area contributed by atoms with Crippen molar-refractivity contribution >= 4 is 17.5 Å². The lowest BCUT2D eigenvalue weighted by Crippen LogP contribution is -2.39. The molecule has 0 spiro atoms. The Kier molecular flexibility index (Phi) is 6.16. The molecule has 122 valence electrons. The third-order valence-corrected chi connectivity index (χ3v) is 4.20. The molecule has 0 saturated heterocycles. The van der Waals surface area contributed by atoms with Crippen molar-refractivity contribution in [1.82, 2.24) is 5.32 Å². The summed E-state index contributed by atoms with van der Waals surface area (Å²) in [7, 11) is 0. The molecule has 0 aliphatic heterocycles. The lowest BCUT2D eigenvalue weighted by Gasteiger charge is -2.24. The summed E-state index contributed by atoms with van der Waals surface area (Å²) in [6.45, 7) is 1.79. The van der Waals surface area contributed by atoms with Crippen LogP contribution in [0.25, 0.3) is 0 Å². The minimum Gasteiger partial charge on any atom is -0.353 e. The first-order valence-electron chi connectivity index (χ1n) is 8.18. The zero-order valence-electron chi connectivity index (χ0n) is 13.5. The Bertz CT molecular complexity index is 601. The highest BCUT2D eigenvalue weighted by Gasteiger charge is 2.18. The second kappa shape index (κ2) is 8.33. The standard InChI is InChI=1S/C18H23N3O2/c1-14(22)21(17-9-5-6-15(12-17)13-19)11-10-18(23)20-16-7-3-2-4-8-16/h5-6,9,12,16H,2-4,7-8,10-11H2,1H3,(H,20,23). The maximum atomic E-state index is 12.1. The van der Waals surface area contributed by atoms with Crippen LogP contribution in [0.2, 0.25) is 0 Å². The Balaban J connectivity index is 1.93. The Morgan fingerprint density at radius 2 is 2.04 bits per heavy atom. The number of nitrogens with one attached hydrogen (secondary N) is 1. The molecule has 5 nitrogen and oxygen atoms in total. The molecule has 0 heterocycles. The summed E-state index contributed by atoms with van der Waals surface area (Å²) in [6.07, 6.45) is 5.96. The number of amides is 2. The molecule has 23 heavy (non-hydrogen) atoms. The van der Waals surface area contributed by atoms with Gasteiger partial charge in [0.25, 0.3) is 0 Å². The first-order chi connectivity index (χ1) is 11.1. The minimum absolute atomic E-state index is 0.0143. The summed E-state index contributed by atoms with van der Waals surface area (Å²) < 4.78 is 0. The van der Waals surface area contributed by atoms with Gasteiger partial charge in [0.15, 0.2) is 0 Å². The number of hydrogen-bond acceptors (Lipinski definition) is 3. The number of nitriles is 1. The van der Waals surface area contributed by atoms with Gasteiger partial charge < -0.3 is 10.2 Å². The van der Waals surface area contributed by atoms with E-state index in [1.165, 1.54) is 26.2 Å². The van der Waals surface area contributed by atoms with Gasteiger partial charge in [0.1, 0.15) is 0 Å². The first kappa shape index (κ1) is 17.0. The molecule has 0 aromatic heterocycles. The van der Waals surface area contributed by atoms with Crippen LogP contribution in [0.5, 0.6) is 0 Å². The fraction of sp³-hybridized carbons (Fsp3) is 0.500. The summed E-state index contributed by atoms with van der Waals surface area (Å²) in [5, 5.41) is 12.0. The van der Waals surface area contributed by atoms with Crippen molar-refractivity contribution < 1.29 is 9.59 Å². The summed E-state index contributed by atoms with van der Waals surface area (Å²) in [5.74, 6) is -0.148. The second-order valence-corrected chi connectivity index (χ2v) is 5.99. The van der Waals surface area contributed by atoms with E-state index in [1.807, 2.05) is 0 Å². The summed E-state index contributed by atoms with van der Waals surface area (Å²) >= 11 is 0. The summed E-state index contributed by atoms with van der Waals surface area (Å²) in [4.78, 5) is 25.5. The highest BCUT2D eigenvalue weighted by molar-refractivity contribution is 5.92. The predicted molar refractivity (Wildman–Crippen MR) is 88.8 cm³/mol. The first-order valence-corrected chi connectivity index (χ1v) is 8.18. The molecule has 1 aliphatic rings. The number of hydrogen-bond donors (Lipinski definition) is 1. The quantitative estimate of drug-likeness (QED) is 0.908. The van der Waals surface area contributed by atoms with E-state index in [9.17, 15) is 9.59 Å². The third-order valence-electron chi connectivity index (χ3n) is 4.20. The molecule has 5 heteroatoms. The zero-order chi connectivity index (χ0) is 16.7. The number of anilines is 1. The van der Waals surface area contributed by atoms with Gasteiger partial charge >= 0.3 is 0 Å². The van der Waals surface area contributed by atoms with E-state index in [1.54, 1.807) is 29.2 Å². The largest absolute Gasteiger partial charge is 0.353 e. The van der Waals surface area contributed by atoms with Gasteiger partial charge in [-0.05, 0) is 31.0 Å². The van der Waals surface area contributed by atoms with Crippen LogP contribution in [0.3, 0.4) is 0 Å². The number of carbonyl (C=O) groups is 2. The maximum Gasteiger partial charge on any atom is 0.223 e. The summed E-state index contributed by atoms with van der Waals surface area (Å²) in [6, 6.07) is 9.22. The van der Waals surface area contributed by atoms with Crippen LogP contribution >= 0.6 is 0 Å². The summed E-state index contributed by atoms with van der Waals surface area (Å²) in [5.41, 5.74) is 1.16. The van der Waals surface area contributed by atoms with Gasteiger partial charge in [-0.15, -0.1) is 0 Å². The molecular weight excluding hydrogens is 290 g/mol. The molecule has 0 bridgehead atoms. The molecule has 0 unspecified atom stereocenters. The van der Waals surface area contributed by atoms with E-state index in [0.717, 1.165) is 12.8 Å². The predicted octanol–water partition coefficient (Wildman–Crippen LogP) is 2.75. The van der Waals surface area contributed by atoms with Crippen LogP contribution in [0.15, 0.2) is 24.3 Å². The highest BCUT2D eigenvalue weighted by atomic mass is 16.2. The fourth-order valence-corrected chi connectivity index (χ4v) is 2.97. The average Bonchev–Trinajstić information content (AvgIpc) is 2.56. The van der Waals surface area contributed by atoms with Crippen LogP contribution in [0.4, 0.5) is 5.69 Å². The molecule has 1 aliphatic carbocycles. The number of nitrogens with zero attached hydrogens (tertiary/aromatic N) is 2. The van der Waals surface area contributed by atoms with Gasteiger partial charge in [-0.3, -0.25) is 9.59 Å². The molecule has 1 N–H and O–H groups in total. The molecule has 0 atom stereocenters. The monoisotopic (exact) mass is 313 g/mol. The van der Waals surface area contributed by atoms with Crippen LogP contribution in [-0.2, 0) is 9.59 Å². The maximum absolute atomic E-state index is 12.1. The van der Waals surface area contributed by atoms with Gasteiger partial charge in [-0.25, -0.2) is 0 Å². The van der Waals surface area contributed by atoms with Gasteiger partial charge in [-0.2, -0.15) is 5.26 Å². The number of rotatable bonds is 5. The van der Waals surface area contributed by atoms with Gasteiger partial charge in [0.2, 0.25) is 11.8 Å². The molecule has 0 radical (unpaired) electrons. The lowest BCUT2D eigenvalue weighted by atomic mass is 9.95. The van der Waals surface area contributed by atoms with Gasteiger partial charge in [0, 0.05) is 31.6 Å². The van der Waals surface area contributed by atoms with E-state index in [2.05, 4.69) is 11.4 Å².